The molecule has 2 aliphatic heterocycles. The summed E-state index contributed by atoms with van der Waals surface area (Å²) in [6.45, 7) is 2.67. The second-order valence-corrected chi connectivity index (χ2v) is 9.31. The molecule has 1 aliphatic carbocycles. The summed E-state index contributed by atoms with van der Waals surface area (Å²) in [4.78, 5) is 4.63. The molecule has 1 saturated heterocycles. The van der Waals surface area contributed by atoms with Crippen LogP contribution in [0.1, 0.15) is 69.0 Å². The summed E-state index contributed by atoms with van der Waals surface area (Å²) in [6, 6.07) is 3.58. The van der Waals surface area contributed by atoms with Gasteiger partial charge in [-0.3, -0.25) is 0 Å². The average Bonchev–Trinajstić information content (AvgIpc) is 3.28. The van der Waals surface area contributed by atoms with Crippen molar-refractivity contribution in [1.82, 2.24) is 19.9 Å². The van der Waals surface area contributed by atoms with Crippen LogP contribution in [0.4, 0.5) is 5.95 Å². The summed E-state index contributed by atoms with van der Waals surface area (Å²) in [5.74, 6) is 1.05. The van der Waals surface area contributed by atoms with Crippen molar-refractivity contribution < 1.29 is 9.84 Å². The first-order valence-electron chi connectivity index (χ1n) is 11.4. The fourth-order valence-electron chi connectivity index (χ4n) is 5.43. The monoisotopic (exact) mass is 411 g/mol. The second kappa shape index (κ2) is 8.29. The Balaban J connectivity index is 1.54. The Bertz CT molecular complexity index is 931. The molecule has 2 bridgehead atoms. The summed E-state index contributed by atoms with van der Waals surface area (Å²) in [7, 11) is 1.70. The number of ether oxygens (including phenoxy) is 1. The van der Waals surface area contributed by atoms with Crippen molar-refractivity contribution in [3.63, 3.8) is 0 Å². The van der Waals surface area contributed by atoms with Crippen molar-refractivity contribution in [2.75, 3.05) is 19.0 Å². The largest absolute Gasteiger partial charge is 0.393 e. The molecular formula is C23H33N5O2. The first-order chi connectivity index (χ1) is 14.6. The maximum Gasteiger partial charge on any atom is 0.241 e. The Hall–Kier alpha value is -1.96. The van der Waals surface area contributed by atoms with Gasteiger partial charge in [0.25, 0.3) is 0 Å². The number of fused-ring (bicyclic) bond motifs is 3. The average molecular weight is 412 g/mol. The van der Waals surface area contributed by atoms with Gasteiger partial charge in [0.15, 0.2) is 0 Å². The SMILES string of the molecule is COC[C@H](C)Nc1ncc2c(C3=C[C@@H]4CC[C@H](C3)N4)cc(C3CCC(O)CC3)n2n1. The van der Waals surface area contributed by atoms with Gasteiger partial charge in [-0.15, -0.1) is 5.10 Å². The minimum Gasteiger partial charge on any atom is -0.393 e. The van der Waals surface area contributed by atoms with Crippen LogP contribution in [-0.2, 0) is 4.74 Å². The number of hydrogen-bond donors (Lipinski definition) is 3. The lowest BCUT2D eigenvalue weighted by molar-refractivity contribution is 0.121. The smallest absolute Gasteiger partial charge is 0.241 e. The van der Waals surface area contributed by atoms with Crippen molar-refractivity contribution in [3.05, 3.63) is 29.6 Å². The third kappa shape index (κ3) is 3.86. The summed E-state index contributed by atoms with van der Waals surface area (Å²) < 4.78 is 7.35. The summed E-state index contributed by atoms with van der Waals surface area (Å²) >= 11 is 0. The molecule has 0 aromatic carbocycles. The second-order valence-electron chi connectivity index (χ2n) is 9.31. The van der Waals surface area contributed by atoms with E-state index in [2.05, 4.69) is 39.2 Å². The molecule has 2 aromatic rings. The number of aromatic nitrogens is 3. The molecule has 7 nitrogen and oxygen atoms in total. The Kier molecular flexibility index (Phi) is 5.52. The quantitative estimate of drug-likeness (QED) is 0.677. The number of aliphatic hydroxyl groups is 1. The zero-order chi connectivity index (χ0) is 20.7. The fourth-order valence-corrected chi connectivity index (χ4v) is 5.43. The molecule has 3 N–H and O–H groups in total. The first kappa shape index (κ1) is 20.0. The van der Waals surface area contributed by atoms with Crippen molar-refractivity contribution in [1.29, 1.82) is 0 Å². The first-order valence-corrected chi connectivity index (χ1v) is 11.4. The highest BCUT2D eigenvalue weighted by Gasteiger charge is 2.31. The molecule has 0 unspecified atom stereocenters. The standard InChI is InChI=1S/C23H33N5O2/c1-14(13-30-2)25-23-24-12-22-20(16-9-17-5-6-18(10-16)26-17)11-21(28(22)27-23)15-3-7-19(29)8-4-15/h9,11-12,14-15,17-19,26,29H,3-8,10,13H2,1-2H3,(H,25,27)/t14-,15?,17-,18+,19?/m0/s1. The molecular weight excluding hydrogens is 378 g/mol. The molecule has 4 heterocycles. The lowest BCUT2D eigenvalue weighted by Crippen LogP contribution is -2.31. The summed E-state index contributed by atoms with van der Waals surface area (Å²) in [6.07, 6.45) is 11.5. The van der Waals surface area contributed by atoms with Crippen LogP contribution in [0.2, 0.25) is 0 Å². The molecule has 3 aliphatic rings. The third-order valence-electron chi connectivity index (χ3n) is 6.94. The molecule has 0 amide bonds. The van der Waals surface area contributed by atoms with E-state index in [1.807, 2.05) is 6.20 Å². The fraction of sp³-hybridized carbons (Fsp3) is 0.652. The minimum atomic E-state index is -0.156. The summed E-state index contributed by atoms with van der Waals surface area (Å²) in [5, 5.41) is 21.9. The van der Waals surface area contributed by atoms with Gasteiger partial charge in [0.1, 0.15) is 0 Å². The molecule has 0 radical (unpaired) electrons. The maximum atomic E-state index is 9.98. The van der Waals surface area contributed by atoms with Crippen LogP contribution >= 0.6 is 0 Å². The number of methoxy groups -OCH3 is 1. The summed E-state index contributed by atoms with van der Waals surface area (Å²) in [5.41, 5.74) is 5.06. The molecule has 0 spiro atoms. The van der Waals surface area contributed by atoms with Gasteiger partial charge in [-0.05, 0) is 63.5 Å². The van der Waals surface area contributed by atoms with E-state index < -0.39 is 0 Å². The van der Waals surface area contributed by atoms with E-state index in [4.69, 9.17) is 9.84 Å². The van der Waals surface area contributed by atoms with E-state index >= 15 is 0 Å². The molecule has 162 valence electrons. The molecule has 3 atom stereocenters. The van der Waals surface area contributed by atoms with Gasteiger partial charge in [-0.1, -0.05) is 6.08 Å². The van der Waals surface area contributed by atoms with Crippen LogP contribution in [-0.4, -0.2) is 57.7 Å². The van der Waals surface area contributed by atoms with Gasteiger partial charge in [-0.25, -0.2) is 9.50 Å². The predicted molar refractivity (Wildman–Crippen MR) is 118 cm³/mol. The van der Waals surface area contributed by atoms with E-state index in [0.29, 0.717) is 30.6 Å². The van der Waals surface area contributed by atoms with Gasteiger partial charge >= 0.3 is 0 Å². The minimum absolute atomic E-state index is 0.138. The van der Waals surface area contributed by atoms with Crippen LogP contribution in [0.3, 0.4) is 0 Å². The highest BCUT2D eigenvalue weighted by molar-refractivity contribution is 5.80. The predicted octanol–water partition coefficient (Wildman–Crippen LogP) is 3.10. The van der Waals surface area contributed by atoms with Gasteiger partial charge in [0.2, 0.25) is 5.95 Å². The van der Waals surface area contributed by atoms with Gasteiger partial charge in [0, 0.05) is 42.4 Å². The maximum absolute atomic E-state index is 9.98. The number of hydrogen-bond acceptors (Lipinski definition) is 6. The Morgan fingerprint density at radius 3 is 2.87 bits per heavy atom. The third-order valence-corrected chi connectivity index (χ3v) is 6.94. The van der Waals surface area contributed by atoms with E-state index in [0.717, 1.165) is 37.6 Å². The lowest BCUT2D eigenvalue weighted by Gasteiger charge is -2.25. The molecule has 30 heavy (non-hydrogen) atoms. The van der Waals surface area contributed by atoms with E-state index in [1.165, 1.54) is 29.7 Å². The number of nitrogens with one attached hydrogen (secondary N) is 2. The lowest BCUT2D eigenvalue weighted by atomic mass is 9.85. The van der Waals surface area contributed by atoms with E-state index in [9.17, 15) is 5.11 Å². The Morgan fingerprint density at radius 2 is 2.10 bits per heavy atom. The van der Waals surface area contributed by atoms with Gasteiger partial charge in [0.05, 0.1) is 24.4 Å². The van der Waals surface area contributed by atoms with E-state index in [1.54, 1.807) is 7.11 Å². The van der Waals surface area contributed by atoms with Gasteiger partial charge < -0.3 is 20.5 Å². The Morgan fingerprint density at radius 1 is 1.27 bits per heavy atom. The Labute approximate surface area is 177 Å². The molecule has 5 rings (SSSR count). The molecule has 1 saturated carbocycles. The molecule has 2 aromatic heterocycles. The normalized spacial score (nSPS) is 29.8. The van der Waals surface area contributed by atoms with Crippen molar-refractivity contribution in [2.45, 2.75) is 82.0 Å². The van der Waals surface area contributed by atoms with Crippen LogP contribution in [0.5, 0.6) is 0 Å². The number of anilines is 1. The van der Waals surface area contributed by atoms with Crippen LogP contribution in [0, 0.1) is 0 Å². The van der Waals surface area contributed by atoms with Crippen molar-refractivity contribution in [3.8, 4) is 0 Å². The zero-order valence-electron chi connectivity index (χ0n) is 18.0. The number of rotatable bonds is 6. The van der Waals surface area contributed by atoms with Crippen molar-refractivity contribution >= 4 is 17.0 Å². The van der Waals surface area contributed by atoms with Crippen LogP contribution in [0.25, 0.3) is 11.1 Å². The number of aliphatic hydroxyl groups excluding tert-OH is 1. The van der Waals surface area contributed by atoms with Crippen molar-refractivity contribution in [2.24, 2.45) is 0 Å². The highest BCUT2D eigenvalue weighted by atomic mass is 16.5. The van der Waals surface area contributed by atoms with Crippen LogP contribution in [0.15, 0.2) is 18.3 Å². The van der Waals surface area contributed by atoms with E-state index in [-0.39, 0.29) is 12.1 Å². The molecule has 7 heteroatoms. The number of nitrogens with zero attached hydrogens (tertiary/aromatic N) is 3. The zero-order valence-corrected chi connectivity index (χ0v) is 18.0. The topological polar surface area (TPSA) is 83.7 Å². The molecule has 2 fully saturated rings. The highest BCUT2D eigenvalue weighted by Crippen LogP contribution is 2.39. The van der Waals surface area contributed by atoms with Gasteiger partial charge in [-0.2, -0.15) is 0 Å². The van der Waals surface area contributed by atoms with Crippen LogP contribution < -0.4 is 10.6 Å².